The first-order chi connectivity index (χ1) is 17.2. The van der Waals surface area contributed by atoms with E-state index in [-0.39, 0.29) is 23.6 Å². The Labute approximate surface area is 217 Å². The van der Waals surface area contributed by atoms with Crippen molar-refractivity contribution in [2.24, 2.45) is 4.99 Å². The predicted molar refractivity (Wildman–Crippen MR) is 140 cm³/mol. The predicted octanol–water partition coefficient (Wildman–Crippen LogP) is 4.49. The second kappa shape index (κ2) is 10.7. The molecule has 0 atom stereocenters. The summed E-state index contributed by atoms with van der Waals surface area (Å²) >= 11 is 7.32. The van der Waals surface area contributed by atoms with Crippen LogP contribution in [0, 0.1) is 0 Å². The van der Waals surface area contributed by atoms with Gasteiger partial charge in [0.2, 0.25) is 0 Å². The second-order valence-electron chi connectivity index (χ2n) is 7.64. The van der Waals surface area contributed by atoms with Crippen molar-refractivity contribution in [2.45, 2.75) is 18.4 Å². The highest BCUT2D eigenvalue weighted by Gasteiger charge is 2.21. The van der Waals surface area contributed by atoms with Crippen LogP contribution in [0.1, 0.15) is 17.3 Å². The first-order valence-corrected chi connectivity index (χ1v) is 13.5. The molecule has 1 amide bonds. The summed E-state index contributed by atoms with van der Waals surface area (Å²) in [4.78, 5) is 29.7. The number of anilines is 1. The fraction of sp³-hybridized carbons (Fsp3) is 0.160. The Morgan fingerprint density at radius 2 is 1.75 bits per heavy atom. The van der Waals surface area contributed by atoms with Gasteiger partial charge in [0.05, 0.1) is 27.4 Å². The first-order valence-electron chi connectivity index (χ1n) is 10.9. The minimum Gasteiger partial charge on any atom is -0.465 e. The molecule has 0 bridgehead atoms. The standard InChI is InChI=1S/C25H22ClN3O5S2/c1-3-34-23(30)16-29-21-14-11-18(26)15-22(21)35-25(29)27-24(31)17-9-12-20(13-10-17)36(32,33)28(2)19-7-5-4-6-8-19/h4-15H,3,16H2,1-2H3. The van der Waals surface area contributed by atoms with Gasteiger partial charge in [-0.15, -0.1) is 0 Å². The van der Waals surface area contributed by atoms with E-state index >= 15 is 0 Å². The molecule has 186 valence electrons. The second-order valence-corrected chi connectivity index (χ2v) is 11.1. The normalized spacial score (nSPS) is 12.0. The Kier molecular flexibility index (Phi) is 7.58. The lowest BCUT2D eigenvalue weighted by Gasteiger charge is -2.19. The highest BCUT2D eigenvalue weighted by molar-refractivity contribution is 7.92. The van der Waals surface area contributed by atoms with E-state index < -0.39 is 21.9 Å². The third-order valence-electron chi connectivity index (χ3n) is 5.31. The van der Waals surface area contributed by atoms with Crippen LogP contribution >= 0.6 is 22.9 Å². The summed E-state index contributed by atoms with van der Waals surface area (Å²) in [6.45, 7) is 1.82. The van der Waals surface area contributed by atoms with Gasteiger partial charge in [0.25, 0.3) is 15.9 Å². The number of carbonyl (C=O) groups excluding carboxylic acids is 2. The molecule has 4 aromatic rings. The smallest absolute Gasteiger partial charge is 0.326 e. The van der Waals surface area contributed by atoms with Crippen molar-refractivity contribution < 1.29 is 22.7 Å². The molecule has 0 aliphatic rings. The lowest BCUT2D eigenvalue weighted by atomic mass is 10.2. The molecule has 4 rings (SSSR count). The molecule has 3 aromatic carbocycles. The van der Waals surface area contributed by atoms with E-state index in [4.69, 9.17) is 16.3 Å². The zero-order chi connectivity index (χ0) is 25.9. The molecule has 11 heteroatoms. The monoisotopic (exact) mass is 543 g/mol. The Morgan fingerprint density at radius 1 is 1.06 bits per heavy atom. The van der Waals surface area contributed by atoms with Crippen LogP contribution < -0.4 is 9.11 Å². The van der Waals surface area contributed by atoms with Gasteiger partial charge in [0.15, 0.2) is 4.80 Å². The van der Waals surface area contributed by atoms with Gasteiger partial charge in [0, 0.05) is 17.6 Å². The van der Waals surface area contributed by atoms with Crippen molar-refractivity contribution in [3.8, 4) is 0 Å². The Balaban J connectivity index is 1.66. The largest absolute Gasteiger partial charge is 0.465 e. The molecule has 0 spiro atoms. The van der Waals surface area contributed by atoms with E-state index in [9.17, 15) is 18.0 Å². The number of halogens is 1. The summed E-state index contributed by atoms with van der Waals surface area (Å²) in [5.41, 5.74) is 1.41. The molecule has 0 aliphatic heterocycles. The summed E-state index contributed by atoms with van der Waals surface area (Å²) in [6, 6.07) is 19.4. The van der Waals surface area contributed by atoms with Gasteiger partial charge < -0.3 is 9.30 Å². The van der Waals surface area contributed by atoms with Crippen LogP contribution in [0.3, 0.4) is 0 Å². The Morgan fingerprint density at radius 3 is 2.42 bits per heavy atom. The van der Waals surface area contributed by atoms with Gasteiger partial charge >= 0.3 is 5.97 Å². The molecule has 0 radical (unpaired) electrons. The molecule has 0 N–H and O–H groups in total. The van der Waals surface area contributed by atoms with E-state index in [1.807, 2.05) is 0 Å². The molecule has 0 fully saturated rings. The van der Waals surface area contributed by atoms with Crippen LogP contribution in [0.5, 0.6) is 0 Å². The van der Waals surface area contributed by atoms with Crippen LogP contribution in [0.15, 0.2) is 82.7 Å². The van der Waals surface area contributed by atoms with E-state index in [1.54, 1.807) is 60.0 Å². The third kappa shape index (κ3) is 5.35. The molecule has 0 aliphatic carbocycles. The van der Waals surface area contributed by atoms with Crippen LogP contribution in [-0.2, 0) is 26.1 Å². The number of nitrogens with zero attached hydrogens (tertiary/aromatic N) is 3. The lowest BCUT2D eigenvalue weighted by molar-refractivity contribution is -0.143. The summed E-state index contributed by atoms with van der Waals surface area (Å²) in [7, 11) is -2.35. The van der Waals surface area contributed by atoms with E-state index in [0.717, 1.165) is 4.70 Å². The van der Waals surface area contributed by atoms with Crippen molar-refractivity contribution in [3.05, 3.63) is 88.2 Å². The zero-order valence-electron chi connectivity index (χ0n) is 19.4. The first kappa shape index (κ1) is 25.6. The van der Waals surface area contributed by atoms with Crippen molar-refractivity contribution >= 4 is 60.7 Å². The summed E-state index contributed by atoms with van der Waals surface area (Å²) < 4.78 is 34.6. The number of para-hydroxylation sites is 1. The third-order valence-corrected chi connectivity index (χ3v) is 8.39. The number of hydrogen-bond donors (Lipinski definition) is 0. The van der Waals surface area contributed by atoms with Crippen LogP contribution in [-0.4, -0.2) is 38.5 Å². The maximum absolute atomic E-state index is 13.0. The number of ether oxygens (including phenoxy) is 1. The molecule has 8 nitrogen and oxygen atoms in total. The summed E-state index contributed by atoms with van der Waals surface area (Å²) in [5.74, 6) is -1.04. The molecule has 0 unspecified atom stereocenters. The van der Waals surface area contributed by atoms with E-state index in [2.05, 4.69) is 4.99 Å². The molecule has 1 aromatic heterocycles. The lowest BCUT2D eigenvalue weighted by Crippen LogP contribution is -2.26. The number of amides is 1. The number of fused-ring (bicyclic) bond motifs is 1. The maximum Gasteiger partial charge on any atom is 0.326 e. The average molecular weight is 544 g/mol. The number of rotatable bonds is 7. The summed E-state index contributed by atoms with van der Waals surface area (Å²) in [5, 5.41) is 0.516. The Hall–Kier alpha value is -3.47. The molecule has 0 saturated heterocycles. The number of hydrogen-bond acceptors (Lipinski definition) is 6. The maximum atomic E-state index is 13.0. The quantitative estimate of drug-likeness (QED) is 0.320. The number of esters is 1. The van der Waals surface area contributed by atoms with E-state index in [0.29, 0.717) is 21.0 Å². The van der Waals surface area contributed by atoms with Crippen LogP contribution in [0.25, 0.3) is 10.2 Å². The minimum atomic E-state index is -3.82. The fourth-order valence-corrected chi connectivity index (χ4v) is 5.98. The minimum absolute atomic E-state index is 0.0410. The number of sulfonamides is 1. The van der Waals surface area contributed by atoms with Crippen molar-refractivity contribution in [3.63, 3.8) is 0 Å². The molecule has 1 heterocycles. The highest BCUT2D eigenvalue weighted by atomic mass is 35.5. The number of aromatic nitrogens is 1. The summed E-state index contributed by atoms with van der Waals surface area (Å²) in [6.07, 6.45) is 0. The van der Waals surface area contributed by atoms with Gasteiger partial charge in [-0.1, -0.05) is 41.1 Å². The SMILES string of the molecule is CCOC(=O)Cn1c(=NC(=O)c2ccc(S(=O)(=O)N(C)c3ccccc3)cc2)sc2cc(Cl)ccc21. The van der Waals surface area contributed by atoms with Crippen molar-refractivity contribution in [1.29, 1.82) is 0 Å². The number of benzene rings is 3. The molecule has 0 saturated carbocycles. The van der Waals surface area contributed by atoms with Crippen LogP contribution in [0.4, 0.5) is 5.69 Å². The van der Waals surface area contributed by atoms with Crippen molar-refractivity contribution in [2.75, 3.05) is 18.0 Å². The average Bonchev–Trinajstić information content (AvgIpc) is 3.19. The fourth-order valence-electron chi connectivity index (χ4n) is 3.48. The van der Waals surface area contributed by atoms with Crippen molar-refractivity contribution in [1.82, 2.24) is 4.57 Å². The molecular formula is C25H22ClN3O5S2. The van der Waals surface area contributed by atoms with Gasteiger partial charge in [0.1, 0.15) is 6.54 Å². The van der Waals surface area contributed by atoms with E-state index in [1.165, 1.54) is 47.0 Å². The van der Waals surface area contributed by atoms with Gasteiger partial charge in [-0.05, 0) is 61.5 Å². The van der Waals surface area contributed by atoms with Crippen LogP contribution in [0.2, 0.25) is 5.02 Å². The van der Waals surface area contributed by atoms with Gasteiger partial charge in [-0.3, -0.25) is 13.9 Å². The molecule has 36 heavy (non-hydrogen) atoms. The van der Waals surface area contributed by atoms with Gasteiger partial charge in [-0.2, -0.15) is 4.99 Å². The topological polar surface area (TPSA) is 98.0 Å². The number of thiazole rings is 1. The number of carbonyl (C=O) groups is 2. The Bertz CT molecular complexity index is 1590. The zero-order valence-corrected chi connectivity index (χ0v) is 21.8. The highest BCUT2D eigenvalue weighted by Crippen LogP contribution is 2.23. The molecular weight excluding hydrogens is 522 g/mol. The van der Waals surface area contributed by atoms with Gasteiger partial charge in [-0.25, -0.2) is 8.42 Å².